The van der Waals surface area contributed by atoms with Gasteiger partial charge in [0.2, 0.25) is 0 Å². The van der Waals surface area contributed by atoms with Crippen molar-refractivity contribution in [1.82, 2.24) is 4.90 Å². The van der Waals surface area contributed by atoms with Gasteiger partial charge in [0.1, 0.15) is 25.0 Å². The molecule has 0 spiro atoms. The van der Waals surface area contributed by atoms with Gasteiger partial charge in [-0.2, -0.15) is 0 Å². The van der Waals surface area contributed by atoms with Crippen LogP contribution < -0.4 is 14.4 Å². The molecule has 0 aliphatic carbocycles. The van der Waals surface area contributed by atoms with E-state index in [2.05, 4.69) is 4.90 Å². The van der Waals surface area contributed by atoms with Crippen LogP contribution in [0.2, 0.25) is 0 Å². The highest BCUT2D eigenvalue weighted by Gasteiger charge is 2.28. The molecule has 1 aromatic heterocycles. The van der Waals surface area contributed by atoms with Crippen molar-refractivity contribution in [2.24, 2.45) is 0 Å². The molecule has 6 heteroatoms. The van der Waals surface area contributed by atoms with Crippen molar-refractivity contribution in [2.45, 2.75) is 20.0 Å². The second-order valence-electron chi connectivity index (χ2n) is 6.37. The third-order valence-electron chi connectivity index (χ3n) is 4.18. The molecule has 1 N–H and O–H groups in total. The molecule has 25 heavy (non-hydrogen) atoms. The molecule has 1 aliphatic heterocycles. The van der Waals surface area contributed by atoms with E-state index in [1.165, 1.54) is 0 Å². The number of hydrogen-bond donors (Lipinski definition) is 1. The summed E-state index contributed by atoms with van der Waals surface area (Å²) in [5.41, 5.74) is 0.668. The summed E-state index contributed by atoms with van der Waals surface area (Å²) in [6.45, 7) is 6.56. The van der Waals surface area contributed by atoms with E-state index in [1.807, 2.05) is 55.1 Å². The van der Waals surface area contributed by atoms with Crippen LogP contribution in [0, 0.1) is 0 Å². The van der Waals surface area contributed by atoms with Crippen LogP contribution in [0.5, 0.6) is 5.75 Å². The lowest BCUT2D eigenvalue weighted by molar-refractivity contribution is -0.894. The minimum absolute atomic E-state index is 0.0284. The molecule has 3 rings (SSSR count). The maximum absolute atomic E-state index is 12.7. The predicted octanol–water partition coefficient (Wildman–Crippen LogP) is 1.96. The van der Waals surface area contributed by atoms with Gasteiger partial charge < -0.3 is 14.8 Å². The molecule has 6 nitrogen and oxygen atoms in total. The Labute approximate surface area is 147 Å². The molecule has 1 aromatic carbocycles. The van der Waals surface area contributed by atoms with Crippen LogP contribution in [0.15, 0.2) is 48.7 Å². The highest BCUT2D eigenvalue weighted by atomic mass is 16.5. The van der Waals surface area contributed by atoms with Crippen LogP contribution >= 0.6 is 0 Å². The topological polar surface area (TPSA) is 56.9 Å². The number of carbonyl (C=O) groups excluding carboxylic acids is 1. The number of nitrogens with zero attached hydrogens (tertiary/aromatic N) is 3. The molecular weight excluding hydrogens is 318 g/mol. The van der Waals surface area contributed by atoms with Crippen LogP contribution in [-0.2, 0) is 0 Å². The largest absolute Gasteiger partial charge is 0.491 e. The maximum atomic E-state index is 12.7. The summed E-state index contributed by atoms with van der Waals surface area (Å²) in [5, 5.41) is 9.89. The van der Waals surface area contributed by atoms with Crippen LogP contribution in [0.25, 0.3) is 0 Å². The first-order valence-corrected chi connectivity index (χ1v) is 8.55. The van der Waals surface area contributed by atoms with Crippen LogP contribution in [0.1, 0.15) is 24.2 Å². The van der Waals surface area contributed by atoms with Gasteiger partial charge in [0, 0.05) is 11.6 Å². The summed E-state index contributed by atoms with van der Waals surface area (Å²) in [4.78, 5) is 16.6. The lowest BCUT2D eigenvalue weighted by Crippen LogP contribution is -2.52. The molecule has 1 amide bonds. The molecule has 0 unspecified atom stereocenters. The first-order chi connectivity index (χ1) is 12.0. The normalized spacial score (nSPS) is 14.7. The van der Waals surface area contributed by atoms with Gasteiger partial charge in [-0.15, -0.1) is 0 Å². The molecule has 0 saturated carbocycles. The molecule has 0 bridgehead atoms. The zero-order valence-electron chi connectivity index (χ0n) is 14.6. The summed E-state index contributed by atoms with van der Waals surface area (Å²) in [5.74, 6) is 1.54. The van der Waals surface area contributed by atoms with Crippen LogP contribution in [-0.4, -0.2) is 48.3 Å². The number of carbonyl (C=O) groups is 1. The number of anilines is 1. The Morgan fingerprint density at radius 2 is 1.76 bits per heavy atom. The van der Waals surface area contributed by atoms with E-state index in [4.69, 9.17) is 4.74 Å². The van der Waals surface area contributed by atoms with E-state index < -0.39 is 0 Å². The summed E-state index contributed by atoms with van der Waals surface area (Å²) >= 11 is 0. The standard InChI is InChI=1S/C19H24N3O3/c1-15(2)25-17-8-6-16(7-9-17)19(23)21-13-11-20(12-14-21)18-5-3-4-10-22(18)24/h3-10,15,24H,11-14H2,1-2H3/q+1. The van der Waals surface area contributed by atoms with Crippen molar-refractivity contribution in [3.8, 4) is 5.75 Å². The number of aromatic nitrogens is 1. The first-order valence-electron chi connectivity index (χ1n) is 8.55. The number of ether oxygens (including phenoxy) is 1. The SMILES string of the molecule is CC(C)Oc1ccc(C(=O)N2CCN(c3cccc[n+]3O)CC2)cc1. The second kappa shape index (κ2) is 7.42. The van der Waals surface area contributed by atoms with Crippen LogP contribution in [0.4, 0.5) is 5.82 Å². The van der Waals surface area contributed by atoms with Crippen molar-refractivity contribution >= 4 is 11.7 Å². The molecule has 132 valence electrons. The minimum atomic E-state index is 0.0284. The second-order valence-corrected chi connectivity index (χ2v) is 6.37. The Morgan fingerprint density at radius 3 is 2.36 bits per heavy atom. The van der Waals surface area contributed by atoms with E-state index in [0.29, 0.717) is 31.7 Å². The van der Waals surface area contributed by atoms with Gasteiger partial charge >= 0.3 is 5.82 Å². The van der Waals surface area contributed by atoms with E-state index in [9.17, 15) is 10.0 Å². The molecule has 1 saturated heterocycles. The Bertz CT molecular complexity index is 723. The van der Waals surface area contributed by atoms with Gasteiger partial charge in [-0.1, -0.05) is 10.8 Å². The van der Waals surface area contributed by atoms with E-state index in [-0.39, 0.29) is 12.0 Å². The minimum Gasteiger partial charge on any atom is -0.491 e. The number of hydrogen-bond acceptors (Lipinski definition) is 4. The van der Waals surface area contributed by atoms with Crippen molar-refractivity contribution < 1.29 is 19.5 Å². The fourth-order valence-corrected chi connectivity index (χ4v) is 2.95. The molecular formula is C19H24N3O3+. The van der Waals surface area contributed by atoms with Crippen molar-refractivity contribution in [1.29, 1.82) is 0 Å². The van der Waals surface area contributed by atoms with Gasteiger partial charge in [0.15, 0.2) is 0 Å². The summed E-state index contributed by atoms with van der Waals surface area (Å²) < 4.78 is 6.73. The lowest BCUT2D eigenvalue weighted by atomic mass is 10.1. The van der Waals surface area contributed by atoms with Crippen molar-refractivity contribution in [3.63, 3.8) is 0 Å². The average Bonchev–Trinajstić information content (AvgIpc) is 2.62. The lowest BCUT2D eigenvalue weighted by Gasteiger charge is -2.31. The van der Waals surface area contributed by atoms with E-state index >= 15 is 0 Å². The Kier molecular flexibility index (Phi) is 5.07. The van der Waals surface area contributed by atoms with Gasteiger partial charge in [-0.25, -0.2) is 0 Å². The zero-order valence-corrected chi connectivity index (χ0v) is 14.6. The van der Waals surface area contributed by atoms with E-state index in [0.717, 1.165) is 16.3 Å². The first kappa shape index (κ1) is 17.1. The third-order valence-corrected chi connectivity index (χ3v) is 4.18. The third kappa shape index (κ3) is 4.02. The fraction of sp³-hybridized carbons (Fsp3) is 0.368. The Balaban J connectivity index is 1.61. The predicted molar refractivity (Wildman–Crippen MR) is 94.1 cm³/mol. The van der Waals surface area contributed by atoms with Gasteiger partial charge in [0.05, 0.1) is 19.2 Å². The summed E-state index contributed by atoms with van der Waals surface area (Å²) in [7, 11) is 0. The van der Waals surface area contributed by atoms with Gasteiger partial charge in [-0.3, -0.25) is 9.69 Å². The van der Waals surface area contributed by atoms with Crippen molar-refractivity contribution in [3.05, 3.63) is 54.2 Å². The van der Waals surface area contributed by atoms with Gasteiger partial charge in [-0.05, 0) is 44.2 Å². The smallest absolute Gasteiger partial charge is 0.316 e. The molecule has 0 radical (unpaired) electrons. The highest BCUT2D eigenvalue weighted by Crippen LogP contribution is 2.17. The van der Waals surface area contributed by atoms with Crippen LogP contribution in [0.3, 0.4) is 0 Å². The number of piperazine rings is 1. The number of rotatable bonds is 4. The van der Waals surface area contributed by atoms with E-state index in [1.54, 1.807) is 12.3 Å². The number of amides is 1. The molecule has 2 heterocycles. The summed E-state index contributed by atoms with van der Waals surface area (Å²) in [6.07, 6.45) is 1.72. The molecule has 1 fully saturated rings. The highest BCUT2D eigenvalue weighted by molar-refractivity contribution is 5.94. The number of pyridine rings is 1. The molecule has 1 aliphatic rings. The molecule has 0 atom stereocenters. The van der Waals surface area contributed by atoms with Crippen molar-refractivity contribution in [2.75, 3.05) is 31.1 Å². The molecule has 2 aromatic rings. The summed E-state index contributed by atoms with van der Waals surface area (Å²) in [6, 6.07) is 12.8. The Hall–Kier alpha value is -2.76. The fourth-order valence-electron chi connectivity index (χ4n) is 2.95. The average molecular weight is 342 g/mol. The maximum Gasteiger partial charge on any atom is 0.316 e. The van der Waals surface area contributed by atoms with Gasteiger partial charge in [0.25, 0.3) is 5.91 Å². The number of benzene rings is 1. The monoisotopic (exact) mass is 342 g/mol. The zero-order chi connectivity index (χ0) is 17.8. The quantitative estimate of drug-likeness (QED) is 0.682. The Morgan fingerprint density at radius 1 is 1.08 bits per heavy atom.